The average molecular weight is 227 g/mol. The van der Waals surface area contributed by atoms with E-state index in [0.29, 0.717) is 5.92 Å². The molecule has 1 rings (SSSR count). The predicted molar refractivity (Wildman–Crippen MR) is 65.1 cm³/mol. The van der Waals surface area contributed by atoms with Gasteiger partial charge in [-0.25, -0.2) is 0 Å². The van der Waals surface area contributed by atoms with Crippen molar-refractivity contribution in [2.24, 2.45) is 11.8 Å². The maximum Gasteiger partial charge on any atom is 0.225 e. The number of rotatable bonds is 6. The highest BCUT2D eigenvalue weighted by Crippen LogP contribution is 2.20. The molecule has 16 heavy (non-hydrogen) atoms. The van der Waals surface area contributed by atoms with Crippen molar-refractivity contribution < 1.29 is 9.90 Å². The van der Waals surface area contributed by atoms with E-state index in [1.54, 1.807) is 0 Å². The summed E-state index contributed by atoms with van der Waals surface area (Å²) in [4.78, 5) is 14.0. The zero-order valence-corrected chi connectivity index (χ0v) is 10.6. The largest absolute Gasteiger partial charge is 0.396 e. The number of aliphatic hydroxyl groups excluding tert-OH is 1. The fraction of sp³-hybridized carbons (Fsp3) is 0.923. The van der Waals surface area contributed by atoms with Crippen LogP contribution in [0.5, 0.6) is 0 Å². The standard InChI is InChI=1S/C13H25NO2/c1-3-4-5-6-11(2)13(16)14-8-7-12(9-14)10-15/h11-12,15H,3-10H2,1-2H3. The molecule has 3 nitrogen and oxygen atoms in total. The van der Waals surface area contributed by atoms with Gasteiger partial charge in [0.15, 0.2) is 0 Å². The van der Waals surface area contributed by atoms with Crippen LogP contribution >= 0.6 is 0 Å². The predicted octanol–water partition coefficient (Wildman–Crippen LogP) is 2.04. The van der Waals surface area contributed by atoms with Gasteiger partial charge in [0.1, 0.15) is 0 Å². The van der Waals surface area contributed by atoms with Crippen LogP contribution in [-0.2, 0) is 4.79 Å². The Morgan fingerprint density at radius 3 is 2.81 bits per heavy atom. The van der Waals surface area contributed by atoms with E-state index in [4.69, 9.17) is 5.11 Å². The minimum Gasteiger partial charge on any atom is -0.396 e. The van der Waals surface area contributed by atoms with Gasteiger partial charge < -0.3 is 10.0 Å². The molecular weight excluding hydrogens is 202 g/mol. The summed E-state index contributed by atoms with van der Waals surface area (Å²) in [5.74, 6) is 0.753. The number of nitrogens with zero attached hydrogens (tertiary/aromatic N) is 1. The van der Waals surface area contributed by atoms with Gasteiger partial charge in [-0.05, 0) is 12.8 Å². The summed E-state index contributed by atoms with van der Waals surface area (Å²) in [5, 5.41) is 9.04. The molecule has 0 aromatic heterocycles. The molecule has 0 bridgehead atoms. The molecule has 1 N–H and O–H groups in total. The van der Waals surface area contributed by atoms with E-state index < -0.39 is 0 Å². The molecule has 0 aromatic carbocycles. The number of unbranched alkanes of at least 4 members (excludes halogenated alkanes) is 2. The number of carbonyl (C=O) groups excluding carboxylic acids is 1. The molecular formula is C13H25NO2. The third-order valence-electron chi connectivity index (χ3n) is 3.52. The number of amides is 1. The number of likely N-dealkylation sites (tertiary alicyclic amines) is 1. The van der Waals surface area contributed by atoms with Crippen molar-refractivity contribution in [3.05, 3.63) is 0 Å². The summed E-state index contributed by atoms with van der Waals surface area (Å²) in [7, 11) is 0. The Kier molecular flexibility index (Phi) is 5.81. The normalized spacial score (nSPS) is 22.4. The summed E-state index contributed by atoms with van der Waals surface area (Å²) in [6.45, 7) is 6.02. The Morgan fingerprint density at radius 1 is 1.50 bits per heavy atom. The lowest BCUT2D eigenvalue weighted by Gasteiger charge is -2.20. The topological polar surface area (TPSA) is 40.5 Å². The molecule has 2 atom stereocenters. The van der Waals surface area contributed by atoms with Crippen molar-refractivity contribution in [2.45, 2.75) is 46.0 Å². The second-order valence-corrected chi connectivity index (χ2v) is 5.02. The van der Waals surface area contributed by atoms with Gasteiger partial charge in [0.2, 0.25) is 5.91 Å². The molecule has 1 amide bonds. The van der Waals surface area contributed by atoms with Gasteiger partial charge in [-0.1, -0.05) is 33.1 Å². The molecule has 0 radical (unpaired) electrons. The number of aliphatic hydroxyl groups is 1. The van der Waals surface area contributed by atoms with E-state index in [2.05, 4.69) is 6.92 Å². The van der Waals surface area contributed by atoms with E-state index in [9.17, 15) is 4.79 Å². The molecule has 0 aliphatic carbocycles. The maximum absolute atomic E-state index is 12.0. The van der Waals surface area contributed by atoms with Crippen LogP contribution in [0.3, 0.4) is 0 Å². The van der Waals surface area contributed by atoms with Crippen molar-refractivity contribution in [2.75, 3.05) is 19.7 Å². The molecule has 94 valence electrons. The Balaban J connectivity index is 2.28. The molecule has 0 aromatic rings. The fourth-order valence-electron chi connectivity index (χ4n) is 2.32. The zero-order valence-electron chi connectivity index (χ0n) is 10.6. The number of hydrogen-bond acceptors (Lipinski definition) is 2. The summed E-state index contributed by atoms with van der Waals surface area (Å²) in [5.41, 5.74) is 0. The lowest BCUT2D eigenvalue weighted by molar-refractivity contribution is -0.134. The highest BCUT2D eigenvalue weighted by atomic mass is 16.3. The van der Waals surface area contributed by atoms with Crippen LogP contribution < -0.4 is 0 Å². The first-order chi connectivity index (χ1) is 7.69. The molecule has 1 heterocycles. The van der Waals surface area contributed by atoms with Crippen LogP contribution in [-0.4, -0.2) is 35.6 Å². The minimum absolute atomic E-state index is 0.156. The summed E-state index contributed by atoms with van der Waals surface area (Å²) >= 11 is 0. The zero-order chi connectivity index (χ0) is 12.0. The lowest BCUT2D eigenvalue weighted by atomic mass is 10.0. The lowest BCUT2D eigenvalue weighted by Crippen LogP contribution is -2.33. The molecule has 1 aliphatic heterocycles. The first-order valence-corrected chi connectivity index (χ1v) is 6.58. The second-order valence-electron chi connectivity index (χ2n) is 5.02. The van der Waals surface area contributed by atoms with Gasteiger partial charge in [0.25, 0.3) is 0 Å². The first kappa shape index (κ1) is 13.5. The van der Waals surface area contributed by atoms with Crippen LogP contribution in [0.1, 0.15) is 46.0 Å². The Labute approximate surface area is 98.8 Å². The van der Waals surface area contributed by atoms with Gasteiger partial charge in [-0.2, -0.15) is 0 Å². The van der Waals surface area contributed by atoms with Crippen molar-refractivity contribution >= 4 is 5.91 Å². The maximum atomic E-state index is 12.0. The van der Waals surface area contributed by atoms with Crippen LogP contribution in [0.4, 0.5) is 0 Å². The van der Waals surface area contributed by atoms with Crippen molar-refractivity contribution in [1.82, 2.24) is 4.90 Å². The molecule has 0 spiro atoms. The monoisotopic (exact) mass is 227 g/mol. The van der Waals surface area contributed by atoms with Crippen LogP contribution in [0, 0.1) is 11.8 Å². The molecule has 1 saturated heterocycles. The fourth-order valence-corrected chi connectivity index (χ4v) is 2.32. The molecule has 1 aliphatic rings. The first-order valence-electron chi connectivity index (χ1n) is 6.58. The minimum atomic E-state index is 0.156. The molecule has 0 saturated carbocycles. The van der Waals surface area contributed by atoms with Gasteiger partial charge in [-0.3, -0.25) is 4.79 Å². The smallest absolute Gasteiger partial charge is 0.225 e. The number of hydrogen-bond donors (Lipinski definition) is 1. The Hall–Kier alpha value is -0.570. The van der Waals surface area contributed by atoms with Crippen molar-refractivity contribution in [3.8, 4) is 0 Å². The quantitative estimate of drug-likeness (QED) is 0.705. The van der Waals surface area contributed by atoms with E-state index in [0.717, 1.165) is 32.4 Å². The highest BCUT2D eigenvalue weighted by molar-refractivity contribution is 5.78. The molecule has 2 unspecified atom stereocenters. The van der Waals surface area contributed by atoms with E-state index in [-0.39, 0.29) is 18.4 Å². The van der Waals surface area contributed by atoms with Crippen LogP contribution in [0.25, 0.3) is 0 Å². The molecule has 1 fully saturated rings. The van der Waals surface area contributed by atoms with E-state index >= 15 is 0 Å². The Morgan fingerprint density at radius 2 is 2.25 bits per heavy atom. The third-order valence-corrected chi connectivity index (χ3v) is 3.52. The Bertz CT molecular complexity index is 218. The summed E-state index contributed by atoms with van der Waals surface area (Å²) in [6, 6.07) is 0. The third kappa shape index (κ3) is 3.78. The summed E-state index contributed by atoms with van der Waals surface area (Å²) < 4.78 is 0. The average Bonchev–Trinajstić information content (AvgIpc) is 2.76. The van der Waals surface area contributed by atoms with Gasteiger partial charge >= 0.3 is 0 Å². The SMILES string of the molecule is CCCCCC(C)C(=O)N1CCC(CO)C1. The van der Waals surface area contributed by atoms with Gasteiger partial charge in [0, 0.05) is 31.5 Å². The van der Waals surface area contributed by atoms with E-state index in [1.165, 1.54) is 12.8 Å². The number of carbonyl (C=O) groups is 1. The van der Waals surface area contributed by atoms with Crippen LogP contribution in [0.15, 0.2) is 0 Å². The van der Waals surface area contributed by atoms with Crippen molar-refractivity contribution in [1.29, 1.82) is 0 Å². The van der Waals surface area contributed by atoms with Crippen molar-refractivity contribution in [3.63, 3.8) is 0 Å². The second kappa shape index (κ2) is 6.89. The molecule has 3 heteroatoms. The summed E-state index contributed by atoms with van der Waals surface area (Å²) in [6.07, 6.45) is 5.55. The highest BCUT2D eigenvalue weighted by Gasteiger charge is 2.28. The van der Waals surface area contributed by atoms with Gasteiger partial charge in [0.05, 0.1) is 0 Å². The van der Waals surface area contributed by atoms with E-state index in [1.807, 2.05) is 11.8 Å². The van der Waals surface area contributed by atoms with Gasteiger partial charge in [-0.15, -0.1) is 0 Å². The van der Waals surface area contributed by atoms with Crippen LogP contribution in [0.2, 0.25) is 0 Å².